The Kier molecular flexibility index (Phi) is 6.40. The molecule has 4 rings (SSSR count). The Morgan fingerprint density at radius 1 is 1.00 bits per heavy atom. The standard InChI is InChI=1S/C22H27N3O.ClH/c23-21-12-11-18-14-25(15-20(18)21)22(26)16-24(19-9-5-2-6-10-19)13-17-7-3-1-4-8-17;/h1-10,18,20-21H,11-16,23H2;1H. The van der Waals surface area contributed by atoms with Crippen LogP contribution in [-0.4, -0.2) is 36.5 Å². The number of hydrogen-bond donors (Lipinski definition) is 1. The third kappa shape index (κ3) is 4.45. The summed E-state index contributed by atoms with van der Waals surface area (Å²) in [6, 6.07) is 20.8. The number of anilines is 1. The van der Waals surface area contributed by atoms with Gasteiger partial charge in [0.1, 0.15) is 0 Å². The quantitative estimate of drug-likeness (QED) is 0.859. The molecule has 2 aromatic carbocycles. The Labute approximate surface area is 167 Å². The summed E-state index contributed by atoms with van der Waals surface area (Å²) in [4.78, 5) is 17.2. The number of benzene rings is 2. The smallest absolute Gasteiger partial charge is 0.242 e. The van der Waals surface area contributed by atoms with Gasteiger partial charge in [-0.25, -0.2) is 0 Å². The third-order valence-electron chi connectivity index (χ3n) is 5.93. The maximum Gasteiger partial charge on any atom is 0.242 e. The van der Waals surface area contributed by atoms with Crippen LogP contribution in [0, 0.1) is 11.8 Å². The molecule has 144 valence electrons. The predicted molar refractivity (Wildman–Crippen MR) is 112 cm³/mol. The van der Waals surface area contributed by atoms with Gasteiger partial charge < -0.3 is 15.5 Å². The van der Waals surface area contributed by atoms with Crippen molar-refractivity contribution < 1.29 is 4.79 Å². The molecule has 2 aromatic rings. The molecular formula is C22H28ClN3O. The molecule has 5 heteroatoms. The number of fused-ring (bicyclic) bond motifs is 1. The van der Waals surface area contributed by atoms with Crippen LogP contribution in [0.5, 0.6) is 0 Å². The minimum Gasteiger partial charge on any atom is -0.358 e. The Bertz CT molecular complexity index is 740. The molecule has 1 aliphatic heterocycles. The van der Waals surface area contributed by atoms with Crippen molar-refractivity contribution in [3.05, 3.63) is 66.2 Å². The fraction of sp³-hybridized carbons (Fsp3) is 0.409. The third-order valence-corrected chi connectivity index (χ3v) is 5.93. The van der Waals surface area contributed by atoms with Crippen LogP contribution in [0.25, 0.3) is 0 Å². The first kappa shape index (κ1) is 19.7. The highest BCUT2D eigenvalue weighted by molar-refractivity contribution is 5.85. The van der Waals surface area contributed by atoms with Crippen molar-refractivity contribution in [3.8, 4) is 0 Å². The van der Waals surface area contributed by atoms with E-state index in [1.807, 2.05) is 41.3 Å². The lowest BCUT2D eigenvalue weighted by atomic mass is 9.98. The monoisotopic (exact) mass is 385 g/mol. The van der Waals surface area contributed by atoms with Crippen LogP contribution in [-0.2, 0) is 11.3 Å². The van der Waals surface area contributed by atoms with Crippen molar-refractivity contribution in [2.75, 3.05) is 24.5 Å². The zero-order valence-electron chi connectivity index (χ0n) is 15.5. The van der Waals surface area contributed by atoms with E-state index in [-0.39, 0.29) is 24.4 Å². The van der Waals surface area contributed by atoms with Gasteiger partial charge in [0.25, 0.3) is 0 Å². The van der Waals surface area contributed by atoms with Gasteiger partial charge in [0.15, 0.2) is 0 Å². The highest BCUT2D eigenvalue weighted by Crippen LogP contribution is 2.37. The fourth-order valence-electron chi connectivity index (χ4n) is 4.46. The first-order valence-electron chi connectivity index (χ1n) is 9.58. The average Bonchev–Trinajstić information content (AvgIpc) is 3.25. The molecule has 1 heterocycles. The van der Waals surface area contributed by atoms with Crippen LogP contribution < -0.4 is 10.6 Å². The average molecular weight is 386 g/mol. The largest absolute Gasteiger partial charge is 0.358 e. The summed E-state index contributed by atoms with van der Waals surface area (Å²) in [6.07, 6.45) is 2.28. The van der Waals surface area contributed by atoms with Gasteiger partial charge in [-0.15, -0.1) is 12.4 Å². The van der Waals surface area contributed by atoms with Crippen molar-refractivity contribution >= 4 is 24.0 Å². The number of likely N-dealkylation sites (tertiary alicyclic amines) is 1. The van der Waals surface area contributed by atoms with Gasteiger partial charge in [-0.3, -0.25) is 4.79 Å². The van der Waals surface area contributed by atoms with E-state index in [1.165, 1.54) is 12.0 Å². The van der Waals surface area contributed by atoms with Crippen molar-refractivity contribution in [1.29, 1.82) is 0 Å². The molecule has 4 nitrogen and oxygen atoms in total. The Hall–Kier alpha value is -2.04. The molecule has 0 bridgehead atoms. The van der Waals surface area contributed by atoms with E-state index in [1.54, 1.807) is 0 Å². The number of amides is 1. The number of nitrogens with zero attached hydrogens (tertiary/aromatic N) is 2. The van der Waals surface area contributed by atoms with Gasteiger partial charge in [-0.2, -0.15) is 0 Å². The van der Waals surface area contributed by atoms with E-state index < -0.39 is 0 Å². The van der Waals surface area contributed by atoms with E-state index in [0.29, 0.717) is 18.4 Å². The van der Waals surface area contributed by atoms with E-state index >= 15 is 0 Å². The molecule has 3 unspecified atom stereocenters. The fourth-order valence-corrected chi connectivity index (χ4v) is 4.46. The molecular weight excluding hydrogens is 358 g/mol. The minimum absolute atomic E-state index is 0. The number of hydrogen-bond acceptors (Lipinski definition) is 3. The Balaban J connectivity index is 0.00000210. The lowest BCUT2D eigenvalue weighted by Crippen LogP contribution is -2.40. The second-order valence-electron chi connectivity index (χ2n) is 7.64. The number of carbonyl (C=O) groups is 1. The first-order valence-corrected chi connectivity index (χ1v) is 9.58. The van der Waals surface area contributed by atoms with Crippen LogP contribution in [0.1, 0.15) is 18.4 Å². The summed E-state index contributed by atoms with van der Waals surface area (Å²) < 4.78 is 0. The molecule has 0 spiro atoms. The summed E-state index contributed by atoms with van der Waals surface area (Å²) in [5.74, 6) is 1.32. The van der Waals surface area contributed by atoms with E-state index in [9.17, 15) is 4.79 Å². The minimum atomic E-state index is 0. The van der Waals surface area contributed by atoms with Crippen molar-refractivity contribution in [3.63, 3.8) is 0 Å². The molecule has 27 heavy (non-hydrogen) atoms. The highest BCUT2D eigenvalue weighted by Gasteiger charge is 2.42. The van der Waals surface area contributed by atoms with E-state index in [2.05, 4.69) is 29.2 Å². The molecule has 1 aliphatic carbocycles. The van der Waals surface area contributed by atoms with Gasteiger partial charge in [-0.1, -0.05) is 48.5 Å². The second-order valence-corrected chi connectivity index (χ2v) is 7.64. The maximum atomic E-state index is 13.0. The molecule has 1 amide bonds. The van der Waals surface area contributed by atoms with Crippen LogP contribution in [0.3, 0.4) is 0 Å². The van der Waals surface area contributed by atoms with E-state index in [4.69, 9.17) is 5.73 Å². The molecule has 2 aliphatic rings. The lowest BCUT2D eigenvalue weighted by molar-refractivity contribution is -0.129. The summed E-state index contributed by atoms with van der Waals surface area (Å²) in [5.41, 5.74) is 8.52. The van der Waals surface area contributed by atoms with Crippen LogP contribution in [0.15, 0.2) is 60.7 Å². The van der Waals surface area contributed by atoms with Crippen LogP contribution >= 0.6 is 12.4 Å². The van der Waals surface area contributed by atoms with Crippen LogP contribution in [0.2, 0.25) is 0 Å². The summed E-state index contributed by atoms with van der Waals surface area (Å²) in [6.45, 7) is 2.86. The molecule has 0 radical (unpaired) electrons. The maximum absolute atomic E-state index is 13.0. The zero-order valence-corrected chi connectivity index (χ0v) is 16.4. The van der Waals surface area contributed by atoms with Crippen molar-refractivity contribution in [1.82, 2.24) is 4.90 Å². The number of carbonyl (C=O) groups excluding carboxylic acids is 1. The molecule has 2 fully saturated rings. The summed E-state index contributed by atoms with van der Waals surface area (Å²) in [7, 11) is 0. The topological polar surface area (TPSA) is 49.6 Å². The Morgan fingerprint density at radius 3 is 2.33 bits per heavy atom. The van der Waals surface area contributed by atoms with Gasteiger partial charge in [0.05, 0.1) is 6.54 Å². The molecule has 3 atom stereocenters. The van der Waals surface area contributed by atoms with E-state index in [0.717, 1.165) is 31.7 Å². The highest BCUT2D eigenvalue weighted by atomic mass is 35.5. The molecule has 1 saturated heterocycles. The summed E-state index contributed by atoms with van der Waals surface area (Å²) >= 11 is 0. The van der Waals surface area contributed by atoms with Crippen molar-refractivity contribution in [2.45, 2.75) is 25.4 Å². The summed E-state index contributed by atoms with van der Waals surface area (Å²) in [5, 5.41) is 0. The van der Waals surface area contributed by atoms with Crippen LogP contribution in [0.4, 0.5) is 5.69 Å². The first-order chi connectivity index (χ1) is 12.7. The Morgan fingerprint density at radius 2 is 1.67 bits per heavy atom. The number of halogens is 1. The SMILES string of the molecule is Cl.NC1CCC2CN(C(=O)CN(Cc3ccccc3)c3ccccc3)CC12. The van der Waals surface area contributed by atoms with Gasteiger partial charge in [0, 0.05) is 31.4 Å². The number of nitrogens with two attached hydrogens (primary N) is 1. The normalized spacial score (nSPS) is 23.6. The van der Waals surface area contributed by atoms with Crippen molar-refractivity contribution in [2.24, 2.45) is 17.6 Å². The predicted octanol–water partition coefficient (Wildman–Crippen LogP) is 3.31. The zero-order chi connectivity index (χ0) is 17.9. The molecule has 1 saturated carbocycles. The van der Waals surface area contributed by atoms with Gasteiger partial charge >= 0.3 is 0 Å². The molecule has 2 N–H and O–H groups in total. The lowest BCUT2D eigenvalue weighted by Gasteiger charge is -2.27. The van der Waals surface area contributed by atoms with Gasteiger partial charge in [-0.05, 0) is 42.4 Å². The number of para-hydroxylation sites is 1. The second kappa shape index (κ2) is 8.77. The van der Waals surface area contributed by atoms with Gasteiger partial charge in [0.2, 0.25) is 5.91 Å². The molecule has 0 aromatic heterocycles. The number of rotatable bonds is 5.